The van der Waals surface area contributed by atoms with E-state index in [2.05, 4.69) is 20.4 Å². The number of rotatable bonds is 4. The van der Waals surface area contributed by atoms with Crippen LogP contribution in [0.2, 0.25) is 0 Å². The molecule has 12 heteroatoms. The maximum atomic E-state index is 16.5. The number of ketones is 1. The number of alkyl halides is 1. The van der Waals surface area contributed by atoms with Gasteiger partial charge in [0.05, 0.1) is 48.1 Å². The lowest BCUT2D eigenvalue weighted by molar-refractivity contribution is -0.220. The van der Waals surface area contributed by atoms with Crippen molar-refractivity contribution in [2.24, 2.45) is 17.8 Å². The monoisotopic (exact) mass is 641 g/mol. The Labute approximate surface area is 269 Å². The summed E-state index contributed by atoms with van der Waals surface area (Å²) in [7, 11) is 0. The van der Waals surface area contributed by atoms with Gasteiger partial charge < -0.3 is 29.9 Å². The number of Topliss-reactive ketones (excluding diaryl/α,β-unsaturated/α-hetero) is 1. The summed E-state index contributed by atoms with van der Waals surface area (Å²) in [5.74, 6) is -0.604. The molecule has 0 radical (unpaired) electrons. The van der Waals surface area contributed by atoms with E-state index < -0.39 is 24.2 Å². The summed E-state index contributed by atoms with van der Waals surface area (Å²) in [4.78, 5) is 57.6. The molecular formula is C34H48FN5O6. The fourth-order valence-electron chi connectivity index (χ4n) is 10.8. The van der Waals surface area contributed by atoms with E-state index >= 15 is 4.39 Å². The lowest BCUT2D eigenvalue weighted by Crippen LogP contribution is -2.73. The average Bonchev–Trinajstić information content (AvgIpc) is 3.75. The summed E-state index contributed by atoms with van der Waals surface area (Å²) in [6.07, 6.45) is 7.98. The van der Waals surface area contributed by atoms with Crippen LogP contribution in [0.15, 0.2) is 11.8 Å². The smallest absolute Gasteiger partial charge is 0.259 e. The lowest BCUT2D eigenvalue weighted by Gasteiger charge is -2.61. The van der Waals surface area contributed by atoms with E-state index in [4.69, 9.17) is 9.47 Å². The molecule has 2 N–H and O–H groups in total. The third-order valence-electron chi connectivity index (χ3n) is 12.6. The predicted octanol–water partition coefficient (Wildman–Crippen LogP) is 1.30. The molecule has 8 aliphatic rings. The third-order valence-corrected chi connectivity index (χ3v) is 12.6. The topological polar surface area (TPSA) is 121 Å². The van der Waals surface area contributed by atoms with Gasteiger partial charge >= 0.3 is 0 Å². The van der Waals surface area contributed by atoms with Crippen molar-refractivity contribution in [3.8, 4) is 0 Å². The average molecular weight is 642 g/mol. The van der Waals surface area contributed by atoms with Crippen LogP contribution in [0.5, 0.6) is 0 Å². The molecule has 0 bridgehead atoms. The van der Waals surface area contributed by atoms with Crippen molar-refractivity contribution in [3.63, 3.8) is 0 Å². The normalized spacial score (nSPS) is 44.9. The number of morpholine rings is 1. The summed E-state index contributed by atoms with van der Waals surface area (Å²) >= 11 is 0. The highest BCUT2D eigenvalue weighted by Crippen LogP contribution is 2.53. The van der Waals surface area contributed by atoms with Gasteiger partial charge in [-0.15, -0.1) is 0 Å². The Hall–Kier alpha value is -2.57. The van der Waals surface area contributed by atoms with Crippen LogP contribution in [0.4, 0.5) is 4.39 Å². The van der Waals surface area contributed by atoms with Crippen LogP contribution in [-0.4, -0.2) is 125 Å². The largest absolute Gasteiger partial charge is 0.374 e. The van der Waals surface area contributed by atoms with Crippen molar-refractivity contribution in [2.75, 3.05) is 26.2 Å². The maximum absolute atomic E-state index is 16.5. The van der Waals surface area contributed by atoms with Crippen molar-refractivity contribution in [3.05, 3.63) is 11.8 Å². The van der Waals surface area contributed by atoms with Gasteiger partial charge in [-0.1, -0.05) is 12.8 Å². The molecule has 46 heavy (non-hydrogen) atoms. The first-order valence-corrected chi connectivity index (χ1v) is 17.7. The number of hydrogen-bond donors (Lipinski definition) is 2. The predicted molar refractivity (Wildman–Crippen MR) is 164 cm³/mol. The van der Waals surface area contributed by atoms with Crippen molar-refractivity contribution in [2.45, 2.75) is 132 Å². The highest BCUT2D eigenvalue weighted by atomic mass is 19.1. The summed E-state index contributed by atoms with van der Waals surface area (Å²) < 4.78 is 30.3. The summed E-state index contributed by atoms with van der Waals surface area (Å²) in [5, 5.41) is 5.90. The van der Waals surface area contributed by atoms with Gasteiger partial charge in [0.15, 0.2) is 5.78 Å². The quantitative estimate of drug-likeness (QED) is 0.441. The van der Waals surface area contributed by atoms with Crippen LogP contribution in [0.25, 0.3) is 0 Å². The van der Waals surface area contributed by atoms with Gasteiger partial charge in [-0.3, -0.25) is 24.1 Å². The zero-order valence-corrected chi connectivity index (χ0v) is 26.9. The molecule has 5 aliphatic heterocycles. The van der Waals surface area contributed by atoms with Gasteiger partial charge in [0, 0.05) is 64.2 Å². The van der Waals surface area contributed by atoms with Crippen LogP contribution >= 0.6 is 0 Å². The number of likely N-dealkylation sites (tertiary alicyclic amines) is 2. The van der Waals surface area contributed by atoms with Gasteiger partial charge in [0.25, 0.3) is 5.91 Å². The fraction of sp³-hybridized carbons (Fsp3) is 0.824. The van der Waals surface area contributed by atoms with Gasteiger partial charge in [-0.05, 0) is 56.8 Å². The molecule has 0 aromatic heterocycles. The van der Waals surface area contributed by atoms with Crippen molar-refractivity contribution < 1.29 is 33.0 Å². The number of carbonyl (C=O) groups excluding carboxylic acids is 4. The van der Waals surface area contributed by atoms with E-state index in [1.165, 1.54) is 33.1 Å². The molecule has 3 aliphatic carbocycles. The number of amides is 3. The van der Waals surface area contributed by atoms with Crippen molar-refractivity contribution >= 4 is 23.5 Å². The zero-order chi connectivity index (χ0) is 31.9. The summed E-state index contributed by atoms with van der Waals surface area (Å²) in [6, 6.07) is -1.14. The van der Waals surface area contributed by atoms with E-state index in [1.54, 1.807) is 11.1 Å². The SMILES string of the molecule is CC(=O)N[C@@H]1CCN(C(=O)C2=CN3C4CC5OC6CCCCC6C5CC4OC4C(N5CC[C@@H](NC(C)=O)C5)C(F)CC(C2=O)C43)C1. The number of hydrogen-bond acceptors (Lipinski definition) is 8. The molecule has 7 fully saturated rings. The third kappa shape index (κ3) is 5.17. The van der Waals surface area contributed by atoms with Crippen LogP contribution in [0.3, 0.4) is 0 Å². The summed E-state index contributed by atoms with van der Waals surface area (Å²) in [5.41, 5.74) is 0.129. The van der Waals surface area contributed by atoms with Crippen molar-refractivity contribution in [1.82, 2.24) is 25.3 Å². The second-order valence-corrected chi connectivity index (χ2v) is 15.3. The molecule has 252 valence electrons. The molecule has 3 saturated carbocycles. The highest BCUT2D eigenvalue weighted by Gasteiger charge is 2.62. The second-order valence-electron chi connectivity index (χ2n) is 15.3. The van der Waals surface area contributed by atoms with Crippen molar-refractivity contribution in [1.29, 1.82) is 0 Å². The second kappa shape index (κ2) is 11.8. The minimum absolute atomic E-state index is 0.0368. The number of nitrogens with one attached hydrogen (secondary N) is 2. The molecule has 3 amide bonds. The molecule has 0 aromatic carbocycles. The van der Waals surface area contributed by atoms with Gasteiger partial charge in [-0.25, -0.2) is 4.39 Å². The Kier molecular flexibility index (Phi) is 7.91. The van der Waals surface area contributed by atoms with E-state index in [1.807, 2.05) is 0 Å². The Morgan fingerprint density at radius 3 is 2.35 bits per heavy atom. The molecule has 13 atom stereocenters. The molecule has 4 saturated heterocycles. The number of ether oxygens (including phenoxy) is 2. The van der Waals surface area contributed by atoms with Gasteiger partial charge in [0.1, 0.15) is 6.17 Å². The number of halogens is 1. The van der Waals surface area contributed by atoms with E-state index in [0.29, 0.717) is 50.5 Å². The minimum atomic E-state index is -1.30. The number of fused-ring (bicyclic) bond motifs is 5. The van der Waals surface area contributed by atoms with Crippen LogP contribution in [0.1, 0.15) is 71.6 Å². The Morgan fingerprint density at radius 2 is 1.57 bits per heavy atom. The zero-order valence-electron chi connectivity index (χ0n) is 26.9. The van der Waals surface area contributed by atoms with Gasteiger partial charge in [0.2, 0.25) is 11.8 Å². The summed E-state index contributed by atoms with van der Waals surface area (Å²) in [6.45, 7) is 4.99. The molecule has 0 spiro atoms. The fourth-order valence-corrected chi connectivity index (χ4v) is 10.8. The molecule has 11 unspecified atom stereocenters. The van der Waals surface area contributed by atoms with E-state index in [0.717, 1.165) is 25.7 Å². The first kappa shape index (κ1) is 30.7. The van der Waals surface area contributed by atoms with Crippen LogP contribution in [-0.2, 0) is 28.7 Å². The first-order chi connectivity index (χ1) is 22.2. The van der Waals surface area contributed by atoms with Gasteiger partial charge in [-0.2, -0.15) is 0 Å². The first-order valence-electron chi connectivity index (χ1n) is 17.7. The molecule has 11 nitrogen and oxygen atoms in total. The lowest BCUT2D eigenvalue weighted by atomic mass is 9.67. The van der Waals surface area contributed by atoms with Crippen LogP contribution < -0.4 is 10.6 Å². The van der Waals surface area contributed by atoms with E-state index in [9.17, 15) is 19.2 Å². The number of nitrogens with zero attached hydrogens (tertiary/aromatic N) is 3. The Morgan fingerprint density at radius 1 is 0.826 bits per heavy atom. The Balaban J connectivity index is 1.12. The minimum Gasteiger partial charge on any atom is -0.374 e. The Bertz CT molecular complexity index is 1310. The standard InChI is InChI=1S/C34H48FN5O6/c1-17(41)36-19-7-9-38(14-19)31-25(35)11-23-30-33(31)46-29-12-22-21-5-3-4-6-27(21)45-28(22)13-26(29)40(30)16-24(32(23)43)34(44)39-10-8-20(15-39)37-18(2)42/h16,19-23,25-31,33H,3-15H2,1-2H3,(H,36,41)(H,37,42)/t19-,20-,21?,22?,23?,25?,26?,27?,28?,29?,30?,31?,33?/m1/s1. The number of carbonyl (C=O) groups is 4. The molecule has 0 aromatic rings. The van der Waals surface area contributed by atoms with Crippen LogP contribution in [0, 0.1) is 17.8 Å². The molecule has 8 rings (SSSR count). The van der Waals surface area contributed by atoms with E-state index in [-0.39, 0.29) is 71.9 Å². The molecule has 5 heterocycles. The highest BCUT2D eigenvalue weighted by molar-refractivity contribution is 6.20. The molecular weight excluding hydrogens is 593 g/mol. The maximum Gasteiger partial charge on any atom is 0.259 e.